The second-order valence-corrected chi connectivity index (χ2v) is 5.58. The van der Waals surface area contributed by atoms with E-state index < -0.39 is 29.5 Å². The highest BCUT2D eigenvalue weighted by atomic mass is 16.6. The molecule has 20 heavy (non-hydrogen) atoms. The minimum atomic E-state index is -1.39. The highest BCUT2D eigenvalue weighted by Gasteiger charge is 2.36. The molecule has 0 spiro atoms. The Bertz CT molecular complexity index is 468. The standard InChI is InChI=1S/C14H20N2O4/c1-14(2,3)20-13(19)11(12(17)18)10(15)7-9-5-4-6-16-8-9/h4-6,8,10-11H,7,15H2,1-3H3,(H,17,18)/t10?,11-/m0/s1. The van der Waals surface area contributed by atoms with Crippen molar-refractivity contribution in [3.8, 4) is 0 Å². The molecule has 0 aliphatic rings. The second kappa shape index (κ2) is 6.47. The van der Waals surface area contributed by atoms with Gasteiger partial charge in [0, 0.05) is 18.4 Å². The number of nitrogens with zero attached hydrogens (tertiary/aromatic N) is 1. The molecule has 0 saturated carbocycles. The molecule has 0 aliphatic carbocycles. The third-order valence-electron chi connectivity index (χ3n) is 2.55. The number of rotatable bonds is 5. The molecule has 0 aliphatic heterocycles. The zero-order chi connectivity index (χ0) is 15.3. The molecule has 1 aromatic heterocycles. The van der Waals surface area contributed by atoms with E-state index in [0.717, 1.165) is 5.56 Å². The van der Waals surface area contributed by atoms with Crippen molar-refractivity contribution >= 4 is 11.9 Å². The molecule has 3 N–H and O–H groups in total. The molecule has 0 bridgehead atoms. The Morgan fingerprint density at radius 3 is 2.55 bits per heavy atom. The average Bonchev–Trinajstić information content (AvgIpc) is 2.26. The first kappa shape index (κ1) is 16.1. The summed E-state index contributed by atoms with van der Waals surface area (Å²) >= 11 is 0. The fourth-order valence-corrected chi connectivity index (χ4v) is 1.73. The van der Waals surface area contributed by atoms with Crippen LogP contribution in [0.15, 0.2) is 24.5 Å². The molecular formula is C14H20N2O4. The van der Waals surface area contributed by atoms with E-state index in [1.165, 1.54) is 0 Å². The van der Waals surface area contributed by atoms with Gasteiger partial charge in [-0.3, -0.25) is 14.6 Å². The molecule has 0 aromatic carbocycles. The summed E-state index contributed by atoms with van der Waals surface area (Å²) in [6.45, 7) is 5.03. The van der Waals surface area contributed by atoms with E-state index in [1.807, 2.05) is 0 Å². The maximum absolute atomic E-state index is 11.9. The van der Waals surface area contributed by atoms with Crippen LogP contribution in [0.4, 0.5) is 0 Å². The van der Waals surface area contributed by atoms with E-state index in [0.29, 0.717) is 0 Å². The summed E-state index contributed by atoms with van der Waals surface area (Å²) in [4.78, 5) is 27.1. The van der Waals surface area contributed by atoms with Gasteiger partial charge in [0.05, 0.1) is 0 Å². The number of hydrogen-bond donors (Lipinski definition) is 2. The molecule has 0 radical (unpaired) electrons. The number of carboxylic acids is 1. The highest BCUT2D eigenvalue weighted by Crippen LogP contribution is 2.16. The molecule has 0 saturated heterocycles. The molecule has 6 nitrogen and oxygen atoms in total. The van der Waals surface area contributed by atoms with Gasteiger partial charge in [-0.2, -0.15) is 0 Å². The van der Waals surface area contributed by atoms with Gasteiger partial charge in [-0.25, -0.2) is 0 Å². The van der Waals surface area contributed by atoms with Gasteiger partial charge in [0.2, 0.25) is 0 Å². The summed E-state index contributed by atoms with van der Waals surface area (Å²) in [5.74, 6) is -3.49. The largest absolute Gasteiger partial charge is 0.481 e. The van der Waals surface area contributed by atoms with Crippen molar-refractivity contribution in [2.45, 2.75) is 38.8 Å². The van der Waals surface area contributed by atoms with Gasteiger partial charge >= 0.3 is 11.9 Å². The van der Waals surface area contributed by atoms with Crippen LogP contribution in [0.1, 0.15) is 26.3 Å². The maximum atomic E-state index is 11.9. The summed E-state index contributed by atoms with van der Waals surface area (Å²) < 4.78 is 5.10. The third kappa shape index (κ3) is 4.97. The summed E-state index contributed by atoms with van der Waals surface area (Å²) in [7, 11) is 0. The fourth-order valence-electron chi connectivity index (χ4n) is 1.73. The van der Waals surface area contributed by atoms with Crippen molar-refractivity contribution < 1.29 is 19.4 Å². The van der Waals surface area contributed by atoms with Crippen molar-refractivity contribution in [3.63, 3.8) is 0 Å². The number of ether oxygens (including phenoxy) is 1. The Balaban J connectivity index is 2.80. The average molecular weight is 280 g/mol. The molecule has 1 unspecified atom stereocenters. The van der Waals surface area contributed by atoms with Crippen LogP contribution in [0.5, 0.6) is 0 Å². The molecule has 6 heteroatoms. The maximum Gasteiger partial charge on any atom is 0.322 e. The lowest BCUT2D eigenvalue weighted by Crippen LogP contribution is -2.45. The molecule has 1 rings (SSSR count). The molecule has 1 heterocycles. The minimum Gasteiger partial charge on any atom is -0.481 e. The normalized spacial score (nSPS) is 14.4. The van der Waals surface area contributed by atoms with Crippen LogP contribution in [-0.2, 0) is 20.7 Å². The number of pyridine rings is 1. The number of aliphatic carboxylic acids is 1. The number of carboxylic acid groups (broad SMARTS) is 1. The zero-order valence-electron chi connectivity index (χ0n) is 11.9. The van der Waals surface area contributed by atoms with E-state index in [-0.39, 0.29) is 6.42 Å². The van der Waals surface area contributed by atoms with Gasteiger partial charge in [0.25, 0.3) is 0 Å². The Morgan fingerprint density at radius 2 is 2.10 bits per heavy atom. The Morgan fingerprint density at radius 1 is 1.45 bits per heavy atom. The molecule has 0 fully saturated rings. The van der Waals surface area contributed by atoms with Crippen LogP contribution >= 0.6 is 0 Å². The quantitative estimate of drug-likeness (QED) is 0.616. The lowest BCUT2D eigenvalue weighted by molar-refractivity contribution is -0.167. The van der Waals surface area contributed by atoms with Crippen LogP contribution in [0.25, 0.3) is 0 Å². The summed E-state index contributed by atoms with van der Waals surface area (Å²) in [5, 5.41) is 9.19. The smallest absolute Gasteiger partial charge is 0.322 e. The SMILES string of the molecule is CC(C)(C)OC(=O)[C@H](C(=O)O)C(N)Cc1cccnc1. The van der Waals surface area contributed by atoms with Crippen molar-refractivity contribution in [1.82, 2.24) is 4.98 Å². The fraction of sp³-hybridized carbons (Fsp3) is 0.500. The highest BCUT2D eigenvalue weighted by molar-refractivity contribution is 5.95. The van der Waals surface area contributed by atoms with E-state index in [4.69, 9.17) is 10.5 Å². The summed E-state index contributed by atoms with van der Waals surface area (Å²) in [6.07, 6.45) is 3.44. The zero-order valence-corrected chi connectivity index (χ0v) is 11.9. The first-order valence-electron chi connectivity index (χ1n) is 6.31. The number of aromatic nitrogens is 1. The molecule has 1 aromatic rings. The van der Waals surface area contributed by atoms with Gasteiger partial charge in [-0.15, -0.1) is 0 Å². The van der Waals surface area contributed by atoms with Gasteiger partial charge in [-0.05, 0) is 38.8 Å². The van der Waals surface area contributed by atoms with Crippen LogP contribution in [0.2, 0.25) is 0 Å². The van der Waals surface area contributed by atoms with Crippen molar-refractivity contribution in [3.05, 3.63) is 30.1 Å². The predicted octanol–water partition coefficient (Wildman–Crippen LogP) is 0.994. The first-order chi connectivity index (χ1) is 9.20. The molecule has 110 valence electrons. The van der Waals surface area contributed by atoms with Crippen LogP contribution in [0, 0.1) is 5.92 Å². The topological polar surface area (TPSA) is 103 Å². The number of carbonyl (C=O) groups excluding carboxylic acids is 1. The van der Waals surface area contributed by atoms with Gasteiger partial charge < -0.3 is 15.6 Å². The lowest BCUT2D eigenvalue weighted by Gasteiger charge is -2.25. The molecule has 2 atom stereocenters. The van der Waals surface area contributed by atoms with Crippen molar-refractivity contribution in [1.29, 1.82) is 0 Å². The second-order valence-electron chi connectivity index (χ2n) is 5.58. The van der Waals surface area contributed by atoms with E-state index in [2.05, 4.69) is 4.98 Å². The minimum absolute atomic E-state index is 0.240. The summed E-state index contributed by atoms with van der Waals surface area (Å²) in [5.41, 5.74) is 5.88. The van der Waals surface area contributed by atoms with Crippen molar-refractivity contribution in [2.75, 3.05) is 0 Å². The van der Waals surface area contributed by atoms with E-state index in [9.17, 15) is 14.7 Å². The Hall–Kier alpha value is -1.95. The molecular weight excluding hydrogens is 260 g/mol. The van der Waals surface area contributed by atoms with Crippen LogP contribution in [0.3, 0.4) is 0 Å². The Labute approximate surface area is 118 Å². The number of esters is 1. The van der Waals surface area contributed by atoms with E-state index in [1.54, 1.807) is 45.3 Å². The van der Waals surface area contributed by atoms with Gasteiger partial charge in [0.1, 0.15) is 5.60 Å². The first-order valence-corrected chi connectivity index (χ1v) is 6.31. The van der Waals surface area contributed by atoms with E-state index >= 15 is 0 Å². The Kier molecular flexibility index (Phi) is 5.21. The number of hydrogen-bond acceptors (Lipinski definition) is 5. The molecule has 0 amide bonds. The van der Waals surface area contributed by atoms with Gasteiger partial charge in [-0.1, -0.05) is 6.07 Å². The van der Waals surface area contributed by atoms with Crippen molar-refractivity contribution in [2.24, 2.45) is 11.7 Å². The lowest BCUT2D eigenvalue weighted by atomic mass is 9.94. The number of carbonyl (C=O) groups is 2. The summed E-state index contributed by atoms with van der Waals surface area (Å²) in [6, 6.07) is 2.64. The van der Waals surface area contributed by atoms with Crippen LogP contribution < -0.4 is 5.73 Å². The monoisotopic (exact) mass is 280 g/mol. The van der Waals surface area contributed by atoms with Crippen LogP contribution in [-0.4, -0.2) is 33.7 Å². The van der Waals surface area contributed by atoms with Gasteiger partial charge in [0.15, 0.2) is 5.92 Å². The predicted molar refractivity (Wildman–Crippen MR) is 72.9 cm³/mol. The third-order valence-corrected chi connectivity index (χ3v) is 2.55. The number of nitrogens with two attached hydrogens (primary N) is 1.